The van der Waals surface area contributed by atoms with Crippen molar-refractivity contribution >= 4 is 11.9 Å². The van der Waals surface area contributed by atoms with Crippen LogP contribution in [0.3, 0.4) is 0 Å². The van der Waals surface area contributed by atoms with Gasteiger partial charge in [-0.2, -0.15) is 0 Å². The van der Waals surface area contributed by atoms with E-state index in [1.165, 1.54) is 89.9 Å². The molecule has 1 heterocycles. The van der Waals surface area contributed by atoms with Gasteiger partial charge in [0, 0.05) is 12.8 Å². The maximum Gasteiger partial charge on any atom is 0.305 e. The quantitative estimate of drug-likeness (QED) is 0.0149. The number of esters is 1. The Morgan fingerprint density at radius 3 is 1.60 bits per heavy atom. The zero-order valence-corrected chi connectivity index (χ0v) is 43.0. The third-order valence-corrected chi connectivity index (χ3v) is 12.7. The lowest BCUT2D eigenvalue weighted by Crippen LogP contribution is -2.60. The van der Waals surface area contributed by atoms with Crippen LogP contribution in [0.25, 0.3) is 0 Å². The standard InChI is InChI=1S/C57H101NO10/c1-3-5-7-9-11-13-14-15-16-19-22-25-29-33-37-41-45-53(62)66-46-42-38-34-30-26-23-20-17-18-21-24-28-32-36-40-44-52(61)58-49(50(60)43-39-35-31-27-12-10-8-6-4-2)48-67-57-56(65)55(64)54(63)51(47-59)68-57/h4,6,12,17,20,23,26-27,39,43,49-51,54-57,59-60,63-65H,3,5,7-11,13-16,18-19,21-22,24-25,28-38,40-42,44-48H2,1-2H3,(H,58,61)/b6-4+,20-17-,26-23-,27-12+,43-39+. The van der Waals surface area contributed by atoms with Crippen LogP contribution in [0.5, 0.6) is 0 Å². The molecule has 0 radical (unpaired) electrons. The second-order valence-corrected chi connectivity index (χ2v) is 19.0. The minimum Gasteiger partial charge on any atom is -0.466 e. The normalized spacial score (nSPS) is 19.9. The smallest absolute Gasteiger partial charge is 0.305 e. The molecular weight excluding hydrogens is 859 g/mol. The van der Waals surface area contributed by atoms with Crippen molar-refractivity contribution in [3.05, 3.63) is 60.8 Å². The summed E-state index contributed by atoms with van der Waals surface area (Å²) in [5.41, 5.74) is 0. The number of ether oxygens (including phenoxy) is 3. The summed E-state index contributed by atoms with van der Waals surface area (Å²) in [5.74, 6) is -0.264. The topological polar surface area (TPSA) is 175 Å². The van der Waals surface area contributed by atoms with Crippen molar-refractivity contribution < 1.29 is 49.3 Å². The van der Waals surface area contributed by atoms with Crippen LogP contribution in [-0.4, -0.2) is 100 Å². The van der Waals surface area contributed by atoms with Crippen molar-refractivity contribution in [2.45, 2.75) is 269 Å². The molecule has 7 unspecified atom stereocenters. The van der Waals surface area contributed by atoms with Gasteiger partial charge in [0.2, 0.25) is 5.91 Å². The monoisotopic (exact) mass is 960 g/mol. The zero-order valence-electron chi connectivity index (χ0n) is 43.0. The van der Waals surface area contributed by atoms with Crippen molar-refractivity contribution in [3.8, 4) is 0 Å². The number of unbranched alkanes of at least 4 members (excludes halogenated alkanes) is 26. The molecule has 0 aliphatic carbocycles. The number of carbonyl (C=O) groups excluding carboxylic acids is 2. The van der Waals surface area contributed by atoms with Gasteiger partial charge in [-0.1, -0.05) is 190 Å². The van der Waals surface area contributed by atoms with Gasteiger partial charge in [-0.05, 0) is 84.0 Å². The highest BCUT2D eigenvalue weighted by atomic mass is 16.7. The van der Waals surface area contributed by atoms with Crippen molar-refractivity contribution in [2.24, 2.45) is 0 Å². The predicted octanol–water partition coefficient (Wildman–Crippen LogP) is 11.9. The van der Waals surface area contributed by atoms with Gasteiger partial charge in [0.1, 0.15) is 24.4 Å². The molecule has 1 rings (SSSR count). The maximum atomic E-state index is 12.9. The van der Waals surface area contributed by atoms with E-state index < -0.39 is 49.5 Å². The summed E-state index contributed by atoms with van der Waals surface area (Å²) in [6, 6.07) is -0.850. The van der Waals surface area contributed by atoms with Crippen molar-refractivity contribution in [1.82, 2.24) is 5.32 Å². The van der Waals surface area contributed by atoms with E-state index in [4.69, 9.17) is 14.2 Å². The molecule has 1 aliphatic rings. The summed E-state index contributed by atoms with van der Waals surface area (Å²) in [7, 11) is 0. The summed E-state index contributed by atoms with van der Waals surface area (Å²) in [5, 5.41) is 54.0. The number of rotatable bonds is 46. The fourth-order valence-corrected chi connectivity index (χ4v) is 8.29. The minimum atomic E-state index is -1.59. The van der Waals surface area contributed by atoms with Crippen LogP contribution in [0.4, 0.5) is 0 Å². The first-order valence-corrected chi connectivity index (χ1v) is 27.5. The molecule has 0 aromatic heterocycles. The first-order chi connectivity index (χ1) is 33.2. The van der Waals surface area contributed by atoms with E-state index in [1.54, 1.807) is 6.08 Å². The van der Waals surface area contributed by atoms with Crippen LogP contribution in [0.1, 0.15) is 226 Å². The molecule has 7 atom stereocenters. The molecule has 0 saturated carbocycles. The van der Waals surface area contributed by atoms with Gasteiger partial charge >= 0.3 is 5.97 Å². The van der Waals surface area contributed by atoms with Gasteiger partial charge in [-0.3, -0.25) is 9.59 Å². The van der Waals surface area contributed by atoms with Crippen LogP contribution in [0, 0.1) is 0 Å². The van der Waals surface area contributed by atoms with E-state index in [-0.39, 0.29) is 18.5 Å². The Morgan fingerprint density at radius 1 is 0.574 bits per heavy atom. The van der Waals surface area contributed by atoms with E-state index in [9.17, 15) is 35.1 Å². The lowest BCUT2D eigenvalue weighted by Gasteiger charge is -2.40. The maximum absolute atomic E-state index is 12.9. The van der Waals surface area contributed by atoms with Gasteiger partial charge in [0.15, 0.2) is 6.29 Å². The molecule has 1 saturated heterocycles. The first kappa shape index (κ1) is 63.4. The van der Waals surface area contributed by atoms with Gasteiger partial charge in [0.05, 0.1) is 32.0 Å². The SMILES string of the molecule is C/C=C/CC/C=C/CC/C=C/C(O)C(COC1OC(CO)C(O)C(O)C1O)NC(=O)CCCCCCCC/C=C\C=C/CCCCCOC(=O)CCCCCCCCCCCCCCCCCC. The lowest BCUT2D eigenvalue weighted by atomic mass is 9.99. The number of hydrogen-bond acceptors (Lipinski definition) is 10. The number of nitrogens with one attached hydrogen (secondary N) is 1. The summed E-state index contributed by atoms with van der Waals surface area (Å²) in [6.45, 7) is 4.00. The molecule has 0 aromatic rings. The molecule has 0 aromatic carbocycles. The number of hydrogen-bond donors (Lipinski definition) is 6. The van der Waals surface area contributed by atoms with E-state index in [1.807, 2.05) is 19.1 Å². The fourth-order valence-electron chi connectivity index (χ4n) is 8.29. The first-order valence-electron chi connectivity index (χ1n) is 27.5. The summed E-state index contributed by atoms with van der Waals surface area (Å²) in [6.07, 6.45) is 49.1. The lowest BCUT2D eigenvalue weighted by molar-refractivity contribution is -0.302. The molecule has 1 aliphatic heterocycles. The van der Waals surface area contributed by atoms with Crippen LogP contribution in [-0.2, 0) is 23.8 Å². The third kappa shape index (κ3) is 36.3. The molecule has 1 fully saturated rings. The Bertz CT molecular complexity index is 1310. The largest absolute Gasteiger partial charge is 0.466 e. The van der Waals surface area contributed by atoms with E-state index in [0.717, 1.165) is 96.3 Å². The van der Waals surface area contributed by atoms with Crippen LogP contribution < -0.4 is 5.32 Å². The summed E-state index contributed by atoms with van der Waals surface area (Å²) >= 11 is 0. The van der Waals surface area contributed by atoms with E-state index in [0.29, 0.717) is 32.3 Å². The van der Waals surface area contributed by atoms with Crippen molar-refractivity contribution in [2.75, 3.05) is 19.8 Å². The Balaban J connectivity index is 2.11. The van der Waals surface area contributed by atoms with Crippen LogP contribution in [0.2, 0.25) is 0 Å². The number of aliphatic hydroxyl groups excluding tert-OH is 5. The highest BCUT2D eigenvalue weighted by molar-refractivity contribution is 5.76. The van der Waals surface area contributed by atoms with E-state index >= 15 is 0 Å². The number of amides is 1. The van der Waals surface area contributed by atoms with Crippen LogP contribution >= 0.6 is 0 Å². The number of aliphatic hydroxyl groups is 5. The molecular formula is C57H101NO10. The average molecular weight is 960 g/mol. The zero-order chi connectivity index (χ0) is 49.6. The molecule has 394 valence electrons. The highest BCUT2D eigenvalue weighted by Gasteiger charge is 2.44. The van der Waals surface area contributed by atoms with Crippen LogP contribution in [0.15, 0.2) is 60.8 Å². The third-order valence-electron chi connectivity index (χ3n) is 12.7. The molecule has 11 nitrogen and oxygen atoms in total. The molecule has 1 amide bonds. The second kappa shape index (κ2) is 46.7. The minimum absolute atomic E-state index is 0.0403. The molecule has 11 heteroatoms. The Kier molecular flexibility index (Phi) is 43.5. The molecule has 0 bridgehead atoms. The van der Waals surface area contributed by atoms with Gasteiger partial charge in [0.25, 0.3) is 0 Å². The Labute approximate surface area is 414 Å². The van der Waals surface area contributed by atoms with Gasteiger partial charge in [-0.15, -0.1) is 0 Å². The molecule has 0 spiro atoms. The Morgan fingerprint density at radius 2 is 1.06 bits per heavy atom. The fraction of sp³-hybridized carbons (Fsp3) is 0.789. The second-order valence-electron chi connectivity index (χ2n) is 19.0. The van der Waals surface area contributed by atoms with E-state index in [2.05, 4.69) is 54.8 Å². The molecule has 6 N–H and O–H groups in total. The van der Waals surface area contributed by atoms with Gasteiger partial charge in [-0.25, -0.2) is 0 Å². The predicted molar refractivity (Wildman–Crippen MR) is 278 cm³/mol. The van der Waals surface area contributed by atoms with Crippen molar-refractivity contribution in [3.63, 3.8) is 0 Å². The number of carbonyl (C=O) groups is 2. The van der Waals surface area contributed by atoms with Gasteiger partial charge < -0.3 is 45.1 Å². The Hall–Kier alpha value is -2.64. The summed E-state index contributed by atoms with van der Waals surface area (Å²) in [4.78, 5) is 25.0. The highest BCUT2D eigenvalue weighted by Crippen LogP contribution is 2.23. The summed E-state index contributed by atoms with van der Waals surface area (Å²) < 4.78 is 16.6. The average Bonchev–Trinajstić information content (AvgIpc) is 3.33. The van der Waals surface area contributed by atoms with Crippen molar-refractivity contribution in [1.29, 1.82) is 0 Å². The molecule has 68 heavy (non-hydrogen) atoms. The number of allylic oxidation sites excluding steroid dienone is 9.